The number of pyridine rings is 1. The van der Waals surface area contributed by atoms with E-state index in [0.29, 0.717) is 23.3 Å². The molecule has 4 rings (SSSR count). The number of anilines is 1. The zero-order chi connectivity index (χ0) is 37.8. The molecule has 0 amide bonds. The third kappa shape index (κ3) is 9.50. The highest BCUT2D eigenvalue weighted by Gasteiger charge is 2.37. The smallest absolute Gasteiger partial charge is 0.322 e. The number of halogens is 6. The van der Waals surface area contributed by atoms with E-state index in [9.17, 15) is 47.2 Å². The maximum absolute atomic E-state index is 14.1. The molecule has 0 aliphatic rings. The number of sulfone groups is 1. The van der Waals surface area contributed by atoms with Gasteiger partial charge in [0.15, 0.2) is 15.7 Å². The molecule has 0 aliphatic heterocycles. The molecular weight excluding hydrogens is 785 g/mol. The normalized spacial score (nSPS) is 13.3. The lowest BCUT2D eigenvalue weighted by Crippen LogP contribution is -2.36. The van der Waals surface area contributed by atoms with Crippen molar-refractivity contribution in [2.45, 2.75) is 43.8 Å². The van der Waals surface area contributed by atoms with Gasteiger partial charge in [-0.25, -0.2) is 39.0 Å². The maximum atomic E-state index is 14.1. The van der Waals surface area contributed by atoms with Gasteiger partial charge in [-0.2, -0.15) is 31.8 Å². The van der Waals surface area contributed by atoms with Crippen LogP contribution in [0.4, 0.5) is 27.8 Å². The Kier molecular flexibility index (Phi) is 11.9. The predicted molar refractivity (Wildman–Crippen MR) is 189 cm³/mol. The molecule has 51 heavy (non-hydrogen) atoms. The number of rotatable bonds is 9. The van der Waals surface area contributed by atoms with Crippen molar-refractivity contribution in [1.29, 1.82) is 0 Å². The first-order valence-electron chi connectivity index (χ1n) is 14.1. The van der Waals surface area contributed by atoms with E-state index in [1.165, 1.54) is 38.1 Å². The van der Waals surface area contributed by atoms with Crippen molar-refractivity contribution in [3.63, 3.8) is 0 Å². The summed E-state index contributed by atoms with van der Waals surface area (Å²) < 4.78 is 144. The molecule has 1 atom stereocenters. The van der Waals surface area contributed by atoms with E-state index in [2.05, 4.69) is 21.9 Å². The molecule has 4 aromatic rings. The lowest BCUT2D eigenvalue weighted by Gasteiger charge is -2.19. The molecule has 2 N–H and O–H groups in total. The summed E-state index contributed by atoms with van der Waals surface area (Å²) >= 11 is 6.41. The van der Waals surface area contributed by atoms with E-state index in [4.69, 9.17) is 17.3 Å². The van der Waals surface area contributed by atoms with Crippen LogP contribution in [0.2, 0.25) is 5.02 Å². The van der Waals surface area contributed by atoms with E-state index in [0.717, 1.165) is 18.4 Å². The third-order valence-electron chi connectivity index (χ3n) is 7.29. The molecule has 0 radical (unpaired) electrons. The molecule has 0 spiro atoms. The van der Waals surface area contributed by atoms with E-state index >= 15 is 0 Å². The summed E-state index contributed by atoms with van der Waals surface area (Å²) in [6.45, 7) is 0.893. The quantitative estimate of drug-likeness (QED) is 0.184. The molecule has 0 saturated heterocycles. The fraction of sp³-hybridized carbons (Fsp3) is 0.333. The van der Waals surface area contributed by atoms with Gasteiger partial charge in [-0.05, 0) is 62.1 Å². The summed E-state index contributed by atoms with van der Waals surface area (Å²) in [7, 11) is -13.1. The minimum Gasteiger partial charge on any atom is -0.322 e. The third-order valence-corrected chi connectivity index (χ3v) is 12.7. The highest BCUT2D eigenvalue weighted by molar-refractivity contribution is 8.09. The lowest BCUT2D eigenvalue weighted by molar-refractivity contribution is -0.141. The summed E-state index contributed by atoms with van der Waals surface area (Å²) in [5.74, 6) is 2.50. The minimum absolute atomic E-state index is 0. The zero-order valence-corrected chi connectivity index (χ0v) is 31.5. The monoisotopic (exact) mass is 815 g/mol. The number of nitrogens with zero attached hydrogens (tertiary/aromatic N) is 4. The van der Waals surface area contributed by atoms with Crippen LogP contribution in [0.5, 0.6) is 0 Å². The van der Waals surface area contributed by atoms with Gasteiger partial charge in [0.05, 0.1) is 40.2 Å². The number of hydrogen-bond acceptors (Lipinski definition) is 9. The largest absolute Gasteiger partial charge is 0.408 e. The molecule has 2 heterocycles. The average molecular weight is 816 g/mol. The molecule has 2 aromatic heterocycles. The SMILES string of the molecule is CC(C)(C#Cc1ccc(-c2ccc(Cl)c3c(N(S(C)(=O)=O)S(C)(=O)=O)nn(CC(F)(F)F)c23)c([C@@H](N)Cc2cc(F)cc(F)c2)n1)S(C)(=O)=O.S. The maximum Gasteiger partial charge on any atom is 0.408 e. The van der Waals surface area contributed by atoms with Gasteiger partial charge in [-0.15, -0.1) is 3.71 Å². The molecule has 0 fully saturated rings. The Labute approximate surface area is 303 Å². The number of aromatic nitrogens is 3. The van der Waals surface area contributed by atoms with Crippen molar-refractivity contribution >= 4 is 71.7 Å². The first-order valence-corrected chi connectivity index (χ1v) is 20.1. The summed E-state index contributed by atoms with van der Waals surface area (Å²) in [6.07, 6.45) is -3.21. The number of sulfonamides is 2. The summed E-state index contributed by atoms with van der Waals surface area (Å²) in [5.41, 5.74) is 5.92. The van der Waals surface area contributed by atoms with Crippen LogP contribution in [0, 0.1) is 23.5 Å². The van der Waals surface area contributed by atoms with Gasteiger partial charge >= 0.3 is 6.18 Å². The Morgan fingerprint density at radius 2 is 1.47 bits per heavy atom. The van der Waals surface area contributed by atoms with E-state index in [-0.39, 0.29) is 56.7 Å². The first kappa shape index (κ1) is 41.9. The predicted octanol–water partition coefficient (Wildman–Crippen LogP) is 4.85. The van der Waals surface area contributed by atoms with Gasteiger partial charge in [-0.3, -0.25) is 4.68 Å². The first-order chi connectivity index (χ1) is 22.7. The van der Waals surface area contributed by atoms with Crippen LogP contribution in [-0.2, 0) is 42.8 Å². The average Bonchev–Trinajstić information content (AvgIpc) is 3.26. The van der Waals surface area contributed by atoms with Crippen molar-refractivity contribution in [3.8, 4) is 23.0 Å². The van der Waals surface area contributed by atoms with Gasteiger partial charge in [0.1, 0.15) is 28.6 Å². The lowest BCUT2D eigenvalue weighted by atomic mass is 9.94. The van der Waals surface area contributed by atoms with E-state index in [1.807, 2.05) is 0 Å². The van der Waals surface area contributed by atoms with Gasteiger partial charge in [-0.1, -0.05) is 23.6 Å². The Hall–Kier alpha value is -3.48. The minimum atomic E-state index is -4.96. The van der Waals surface area contributed by atoms with Crippen molar-refractivity contribution in [3.05, 3.63) is 76.1 Å². The van der Waals surface area contributed by atoms with Crippen LogP contribution in [0.3, 0.4) is 0 Å². The summed E-state index contributed by atoms with van der Waals surface area (Å²) in [4.78, 5) is 4.46. The van der Waals surface area contributed by atoms with Gasteiger partial charge in [0.2, 0.25) is 20.0 Å². The molecule has 0 aliphatic carbocycles. The zero-order valence-electron chi connectivity index (χ0n) is 27.3. The Morgan fingerprint density at radius 3 is 1.98 bits per heavy atom. The molecule has 11 nitrogen and oxygen atoms in total. The van der Waals surface area contributed by atoms with Crippen LogP contribution >= 0.6 is 25.1 Å². The van der Waals surface area contributed by atoms with Crippen LogP contribution in [-0.4, -0.2) is 69.7 Å². The van der Waals surface area contributed by atoms with Crippen molar-refractivity contribution in [2.24, 2.45) is 5.73 Å². The van der Waals surface area contributed by atoms with Crippen LogP contribution < -0.4 is 9.44 Å². The number of benzene rings is 2. The van der Waals surface area contributed by atoms with Gasteiger partial charge in [0.25, 0.3) is 0 Å². The highest BCUT2D eigenvalue weighted by atomic mass is 35.5. The number of alkyl halides is 3. The van der Waals surface area contributed by atoms with Crippen molar-refractivity contribution in [1.82, 2.24) is 14.8 Å². The Morgan fingerprint density at radius 1 is 0.922 bits per heavy atom. The molecule has 278 valence electrons. The van der Waals surface area contributed by atoms with Crippen LogP contribution in [0.25, 0.3) is 22.0 Å². The van der Waals surface area contributed by atoms with Gasteiger partial charge < -0.3 is 5.73 Å². The Balaban J connectivity index is 0.00000702. The van der Waals surface area contributed by atoms with Gasteiger partial charge in [0, 0.05) is 23.4 Å². The second-order valence-corrected chi connectivity index (χ2v) is 18.8. The fourth-order valence-corrected chi connectivity index (χ4v) is 8.22. The van der Waals surface area contributed by atoms with E-state index < -0.39 is 81.7 Å². The standard InChI is InChI=1S/C30H29ClF5N5O6S3.H2S/c1-29(2,48(3,42)43)11-10-20-6-7-21(26(38-20)24(37)14-17-12-18(32)15-19(33)13-17)22-8-9-23(31)25-27(22)40(16-30(34,35)36)39-28(25)41(49(4,44)45)50(5,46)47;/h6-9,12-13,15,24H,14,16,37H2,1-5H3;1H2/t24-;/m0./s1. The highest BCUT2D eigenvalue weighted by Crippen LogP contribution is 2.42. The second-order valence-electron chi connectivity index (χ2n) is 11.9. The fourth-order valence-electron chi connectivity index (χ4n) is 4.89. The van der Waals surface area contributed by atoms with Crippen LogP contribution in [0.1, 0.15) is 36.8 Å². The molecule has 21 heteroatoms. The molecule has 2 aromatic carbocycles. The summed E-state index contributed by atoms with van der Waals surface area (Å²) in [5, 5.41) is 2.94. The number of hydrogen-bond donors (Lipinski definition) is 1. The topological polar surface area (TPSA) is 162 Å². The van der Waals surface area contributed by atoms with Crippen LogP contribution in [0.15, 0.2) is 42.5 Å². The number of fused-ring (bicyclic) bond motifs is 1. The second kappa shape index (κ2) is 14.5. The molecule has 0 saturated carbocycles. The van der Waals surface area contributed by atoms with E-state index in [1.54, 1.807) is 0 Å². The summed E-state index contributed by atoms with van der Waals surface area (Å²) in [6, 6.07) is 6.50. The molecule has 0 bridgehead atoms. The molecule has 0 unspecified atom stereocenters. The van der Waals surface area contributed by atoms with Crippen molar-refractivity contribution in [2.75, 3.05) is 22.5 Å². The van der Waals surface area contributed by atoms with Crippen molar-refractivity contribution < 1.29 is 47.2 Å². The Bertz CT molecular complexity index is 2360. The molecular formula is C30H31ClF5N5O6S4. The number of nitrogens with two attached hydrogens (primary N) is 1.